The molecular formula is C15H16N2OS. The number of nitrogens with one attached hydrogen (secondary N) is 1. The predicted molar refractivity (Wildman–Crippen MR) is 76.9 cm³/mol. The Balaban J connectivity index is 1.81. The fourth-order valence-electron chi connectivity index (χ4n) is 2.67. The van der Waals surface area contributed by atoms with Crippen molar-refractivity contribution < 1.29 is 4.79 Å². The van der Waals surface area contributed by atoms with Crippen molar-refractivity contribution in [1.82, 2.24) is 5.32 Å². The van der Waals surface area contributed by atoms with E-state index in [0.29, 0.717) is 19.4 Å². The van der Waals surface area contributed by atoms with E-state index < -0.39 is 5.54 Å². The molecule has 19 heavy (non-hydrogen) atoms. The van der Waals surface area contributed by atoms with E-state index in [1.807, 2.05) is 23.6 Å². The van der Waals surface area contributed by atoms with Gasteiger partial charge in [0, 0.05) is 24.3 Å². The summed E-state index contributed by atoms with van der Waals surface area (Å²) in [5, 5.41) is 5.42. The van der Waals surface area contributed by atoms with Crippen LogP contribution < -0.4 is 11.1 Å². The van der Waals surface area contributed by atoms with Crippen LogP contribution in [0.3, 0.4) is 0 Å². The average molecular weight is 272 g/mol. The Kier molecular flexibility index (Phi) is 3.12. The average Bonchev–Trinajstić information content (AvgIpc) is 3.04. The van der Waals surface area contributed by atoms with Crippen LogP contribution in [0.4, 0.5) is 0 Å². The van der Waals surface area contributed by atoms with Gasteiger partial charge in [-0.05, 0) is 22.6 Å². The molecule has 1 aromatic carbocycles. The van der Waals surface area contributed by atoms with Gasteiger partial charge in [0.05, 0.1) is 0 Å². The summed E-state index contributed by atoms with van der Waals surface area (Å²) in [5.74, 6) is -0.264. The van der Waals surface area contributed by atoms with Gasteiger partial charge in [0.15, 0.2) is 0 Å². The smallest absolute Gasteiger partial charge is 0.238 e. The maximum Gasteiger partial charge on any atom is 0.238 e. The maximum atomic E-state index is 11.9. The van der Waals surface area contributed by atoms with Crippen LogP contribution in [0.15, 0.2) is 41.8 Å². The third kappa shape index (κ3) is 2.29. The van der Waals surface area contributed by atoms with E-state index in [-0.39, 0.29) is 5.91 Å². The van der Waals surface area contributed by atoms with E-state index in [1.54, 1.807) is 11.3 Å². The van der Waals surface area contributed by atoms with E-state index in [0.717, 1.165) is 0 Å². The van der Waals surface area contributed by atoms with Crippen molar-refractivity contribution in [2.24, 2.45) is 5.73 Å². The molecule has 98 valence electrons. The number of fused-ring (bicyclic) bond motifs is 1. The molecule has 3 rings (SSSR count). The number of amides is 1. The lowest BCUT2D eigenvalue weighted by Gasteiger charge is -2.26. The Morgan fingerprint density at radius 3 is 2.42 bits per heavy atom. The van der Waals surface area contributed by atoms with E-state index in [2.05, 4.69) is 23.5 Å². The lowest BCUT2D eigenvalue weighted by molar-refractivity contribution is -0.124. The van der Waals surface area contributed by atoms with Crippen molar-refractivity contribution in [1.29, 1.82) is 0 Å². The quantitative estimate of drug-likeness (QED) is 0.892. The largest absolute Gasteiger partial charge is 0.368 e. The van der Waals surface area contributed by atoms with Gasteiger partial charge in [0.2, 0.25) is 5.91 Å². The van der Waals surface area contributed by atoms with Crippen molar-refractivity contribution in [2.75, 3.05) is 0 Å². The number of benzene rings is 1. The molecule has 0 fully saturated rings. The molecule has 3 N–H and O–H groups in total. The van der Waals surface area contributed by atoms with Gasteiger partial charge in [-0.25, -0.2) is 0 Å². The van der Waals surface area contributed by atoms with Crippen LogP contribution in [0.2, 0.25) is 0 Å². The standard InChI is InChI=1S/C15H16N2OS/c16-14(18)15(17-10-13-6-3-7-19-13)8-11-4-1-2-5-12(11)9-15/h1-7,17H,8-10H2,(H2,16,18). The number of carbonyl (C=O) groups is 1. The Labute approximate surface area is 116 Å². The molecule has 3 nitrogen and oxygen atoms in total. The minimum atomic E-state index is -0.631. The molecule has 1 amide bonds. The zero-order valence-corrected chi connectivity index (χ0v) is 11.4. The summed E-state index contributed by atoms with van der Waals surface area (Å²) >= 11 is 1.69. The minimum absolute atomic E-state index is 0.264. The molecule has 1 heterocycles. The molecule has 1 aliphatic rings. The molecular weight excluding hydrogens is 256 g/mol. The van der Waals surface area contributed by atoms with Gasteiger partial charge >= 0.3 is 0 Å². The van der Waals surface area contributed by atoms with Crippen LogP contribution in [0.5, 0.6) is 0 Å². The number of nitrogens with two attached hydrogens (primary N) is 1. The zero-order chi connectivity index (χ0) is 13.3. The van der Waals surface area contributed by atoms with Crippen LogP contribution in [-0.2, 0) is 24.2 Å². The molecule has 0 radical (unpaired) electrons. The predicted octanol–water partition coefficient (Wildman–Crippen LogP) is 1.86. The first-order valence-corrected chi connectivity index (χ1v) is 7.22. The molecule has 4 heteroatoms. The summed E-state index contributed by atoms with van der Waals surface area (Å²) in [6.45, 7) is 0.689. The molecule has 1 aromatic heterocycles. The fourth-order valence-corrected chi connectivity index (χ4v) is 3.32. The Morgan fingerprint density at radius 1 is 1.21 bits per heavy atom. The second-order valence-corrected chi connectivity index (χ2v) is 6.03. The van der Waals surface area contributed by atoms with Crippen LogP contribution in [0.25, 0.3) is 0 Å². The normalized spacial score (nSPS) is 16.2. The molecule has 1 aliphatic carbocycles. The minimum Gasteiger partial charge on any atom is -0.368 e. The number of hydrogen-bond acceptors (Lipinski definition) is 3. The molecule has 0 spiro atoms. The highest BCUT2D eigenvalue weighted by Crippen LogP contribution is 2.30. The second-order valence-electron chi connectivity index (χ2n) is 5.00. The molecule has 0 bridgehead atoms. The first kappa shape index (κ1) is 12.4. The first-order valence-electron chi connectivity index (χ1n) is 6.34. The number of hydrogen-bond donors (Lipinski definition) is 2. The Bertz CT molecular complexity index is 567. The van der Waals surface area contributed by atoms with Gasteiger partial charge in [-0.2, -0.15) is 0 Å². The summed E-state index contributed by atoms with van der Waals surface area (Å²) < 4.78 is 0. The molecule has 0 saturated carbocycles. The number of thiophene rings is 1. The highest BCUT2D eigenvalue weighted by atomic mass is 32.1. The van der Waals surface area contributed by atoms with Crippen molar-refractivity contribution in [3.63, 3.8) is 0 Å². The maximum absolute atomic E-state index is 11.9. The highest BCUT2D eigenvalue weighted by Gasteiger charge is 2.41. The highest BCUT2D eigenvalue weighted by molar-refractivity contribution is 7.09. The van der Waals surface area contributed by atoms with Crippen LogP contribution in [0.1, 0.15) is 16.0 Å². The van der Waals surface area contributed by atoms with Crippen LogP contribution >= 0.6 is 11.3 Å². The zero-order valence-electron chi connectivity index (χ0n) is 10.6. The van der Waals surface area contributed by atoms with Crippen LogP contribution in [-0.4, -0.2) is 11.4 Å². The van der Waals surface area contributed by atoms with Gasteiger partial charge in [0.25, 0.3) is 0 Å². The number of rotatable bonds is 4. The van der Waals surface area contributed by atoms with E-state index in [1.165, 1.54) is 16.0 Å². The van der Waals surface area contributed by atoms with Crippen molar-refractivity contribution >= 4 is 17.2 Å². The Hall–Kier alpha value is -1.65. The molecule has 0 aliphatic heterocycles. The SMILES string of the molecule is NC(=O)C1(NCc2cccs2)Cc2ccccc2C1. The van der Waals surface area contributed by atoms with Gasteiger partial charge in [0.1, 0.15) is 5.54 Å². The lowest BCUT2D eigenvalue weighted by atomic mass is 9.94. The van der Waals surface area contributed by atoms with Gasteiger partial charge in [-0.15, -0.1) is 11.3 Å². The van der Waals surface area contributed by atoms with E-state index >= 15 is 0 Å². The van der Waals surface area contributed by atoms with Gasteiger partial charge in [-0.3, -0.25) is 10.1 Å². The van der Waals surface area contributed by atoms with Crippen molar-refractivity contribution in [3.05, 3.63) is 57.8 Å². The second kappa shape index (κ2) is 4.79. The van der Waals surface area contributed by atoms with Gasteiger partial charge in [-0.1, -0.05) is 30.3 Å². The first-order chi connectivity index (χ1) is 9.20. The van der Waals surface area contributed by atoms with Crippen LogP contribution in [0, 0.1) is 0 Å². The summed E-state index contributed by atoms with van der Waals surface area (Å²) in [6, 6.07) is 12.3. The Morgan fingerprint density at radius 2 is 1.89 bits per heavy atom. The summed E-state index contributed by atoms with van der Waals surface area (Å²) in [5.41, 5.74) is 7.47. The fraction of sp³-hybridized carbons (Fsp3) is 0.267. The topological polar surface area (TPSA) is 55.1 Å². The molecule has 0 unspecified atom stereocenters. The monoisotopic (exact) mass is 272 g/mol. The summed E-state index contributed by atoms with van der Waals surface area (Å²) in [7, 11) is 0. The van der Waals surface area contributed by atoms with Crippen molar-refractivity contribution in [3.8, 4) is 0 Å². The summed E-state index contributed by atoms with van der Waals surface area (Å²) in [4.78, 5) is 13.1. The number of primary amides is 1. The summed E-state index contributed by atoms with van der Waals surface area (Å²) in [6.07, 6.45) is 1.37. The third-order valence-electron chi connectivity index (χ3n) is 3.76. The van der Waals surface area contributed by atoms with E-state index in [9.17, 15) is 4.79 Å². The molecule has 0 atom stereocenters. The number of carbonyl (C=O) groups excluding carboxylic acids is 1. The molecule has 2 aromatic rings. The van der Waals surface area contributed by atoms with Crippen molar-refractivity contribution in [2.45, 2.75) is 24.9 Å². The van der Waals surface area contributed by atoms with E-state index in [4.69, 9.17) is 5.73 Å². The third-order valence-corrected chi connectivity index (χ3v) is 4.63. The lowest BCUT2D eigenvalue weighted by Crippen LogP contribution is -2.55. The van der Waals surface area contributed by atoms with Gasteiger partial charge < -0.3 is 5.73 Å². The molecule has 0 saturated heterocycles.